The van der Waals surface area contributed by atoms with Crippen LogP contribution in [0.25, 0.3) is 12.2 Å². The van der Waals surface area contributed by atoms with Gasteiger partial charge in [0.25, 0.3) is 17.7 Å². The summed E-state index contributed by atoms with van der Waals surface area (Å²) in [4.78, 5) is 41.2. The number of ether oxygens (including phenoxy) is 2. The molecule has 1 fully saturated rings. The van der Waals surface area contributed by atoms with Crippen LogP contribution < -0.4 is 20.7 Å². The molecule has 2 aromatic heterocycles. The summed E-state index contributed by atoms with van der Waals surface area (Å²) in [6.07, 6.45) is 9.66. The summed E-state index contributed by atoms with van der Waals surface area (Å²) in [5.41, 5.74) is 4.27. The van der Waals surface area contributed by atoms with Crippen LogP contribution in [0.15, 0.2) is 73.1 Å². The number of aryl methyl sites for hydroxylation is 2. The minimum atomic E-state index is -0.363. The molecule has 0 atom stereocenters. The zero-order valence-electron chi connectivity index (χ0n) is 27.3. The fourth-order valence-corrected chi connectivity index (χ4v) is 5.56. The van der Waals surface area contributed by atoms with E-state index in [0.717, 1.165) is 49.4 Å². The molecule has 47 heavy (non-hydrogen) atoms. The van der Waals surface area contributed by atoms with Gasteiger partial charge in [-0.3, -0.25) is 14.4 Å². The third kappa shape index (κ3) is 8.78. The first-order chi connectivity index (χ1) is 22.7. The number of piperidine rings is 1. The first-order valence-corrected chi connectivity index (χ1v) is 15.6. The van der Waals surface area contributed by atoms with E-state index in [2.05, 4.69) is 20.9 Å². The lowest BCUT2D eigenvalue weighted by atomic mass is 10.1. The highest BCUT2D eigenvalue weighted by Gasteiger charge is 2.20. The molecule has 1 saturated heterocycles. The molecule has 1 aliphatic heterocycles. The Morgan fingerprint density at radius 2 is 1.30 bits per heavy atom. The van der Waals surface area contributed by atoms with Gasteiger partial charge in [-0.25, -0.2) is 0 Å². The van der Waals surface area contributed by atoms with E-state index in [0.29, 0.717) is 41.0 Å². The monoisotopic (exact) mass is 638 g/mol. The van der Waals surface area contributed by atoms with Gasteiger partial charge in [0.15, 0.2) is 0 Å². The van der Waals surface area contributed by atoms with Crippen molar-refractivity contribution in [3.8, 4) is 5.75 Å². The van der Waals surface area contributed by atoms with Crippen LogP contribution in [-0.2, 0) is 18.8 Å². The van der Waals surface area contributed by atoms with Crippen molar-refractivity contribution in [2.45, 2.75) is 18.9 Å². The van der Waals surface area contributed by atoms with Gasteiger partial charge in [-0.1, -0.05) is 36.4 Å². The maximum Gasteiger partial charge on any atom is 0.272 e. The predicted octanol–water partition coefficient (Wildman–Crippen LogP) is 4.89. The van der Waals surface area contributed by atoms with Gasteiger partial charge < -0.3 is 39.5 Å². The largest absolute Gasteiger partial charge is 0.497 e. The molecule has 0 radical (unpaired) electrons. The highest BCUT2D eigenvalue weighted by atomic mass is 16.5. The molecule has 0 unspecified atom stereocenters. The van der Waals surface area contributed by atoms with Gasteiger partial charge in [0.2, 0.25) is 0 Å². The third-order valence-corrected chi connectivity index (χ3v) is 8.33. The molecule has 0 saturated carbocycles. The number of nitrogens with zero attached hydrogens (tertiary/aromatic N) is 3. The van der Waals surface area contributed by atoms with Crippen LogP contribution in [0.5, 0.6) is 5.75 Å². The molecule has 11 nitrogen and oxygen atoms in total. The van der Waals surface area contributed by atoms with E-state index >= 15 is 0 Å². The van der Waals surface area contributed by atoms with Gasteiger partial charge in [-0.15, -0.1) is 0 Å². The van der Waals surface area contributed by atoms with Crippen molar-refractivity contribution in [1.29, 1.82) is 0 Å². The Balaban J connectivity index is 1.12. The highest BCUT2D eigenvalue weighted by Crippen LogP contribution is 2.19. The molecular formula is C36H42N6O5. The van der Waals surface area contributed by atoms with Gasteiger partial charge >= 0.3 is 0 Å². The molecule has 11 heteroatoms. The molecule has 1 aliphatic rings. The molecule has 4 aromatic rings. The second-order valence-corrected chi connectivity index (χ2v) is 11.6. The fraction of sp³-hybridized carbons (Fsp3) is 0.306. The molecule has 246 valence electrons. The van der Waals surface area contributed by atoms with Crippen LogP contribution in [-0.4, -0.2) is 78.3 Å². The maximum atomic E-state index is 13.1. The van der Waals surface area contributed by atoms with Gasteiger partial charge in [0, 0.05) is 65.3 Å². The van der Waals surface area contributed by atoms with E-state index in [1.807, 2.05) is 48.6 Å². The number of nitrogens with one attached hydrogen (secondary N) is 3. The molecule has 3 heterocycles. The topological polar surface area (TPSA) is 119 Å². The Kier molecular flexibility index (Phi) is 10.9. The number of anilines is 2. The number of hydrogen-bond acceptors (Lipinski definition) is 6. The molecule has 3 N–H and O–H groups in total. The molecule has 0 bridgehead atoms. The molecule has 3 amide bonds. The molecule has 5 rings (SSSR count). The number of likely N-dealkylation sites (tertiary alicyclic amines) is 1. The average Bonchev–Trinajstić information content (AvgIpc) is 3.65. The SMILES string of the molecule is COc1ccc(/C=C/c2ccc(C(=O)Nc3cc(C(=O)Nc4cc(C(=O)NCCN5CCC(OC)CC5)n(C)c4)n(C)c3)cc2)cc1. The van der Waals surface area contributed by atoms with E-state index in [1.165, 1.54) is 0 Å². The standard InChI is InChI=1S/C36H42N6O5/c1-40-24-29(21-32(40)35(44)37-17-20-42-18-15-31(47-4)16-19-42)39-36(45)33-22-28(23-41(33)2)38-34(43)27-11-7-25(8-12-27)5-6-26-9-13-30(46-3)14-10-26/h5-14,21-24,31H,15-20H2,1-4H3,(H,37,44)(H,38,43)(H,39,45)/b6-5+. The van der Waals surface area contributed by atoms with E-state index < -0.39 is 0 Å². The first kappa shape index (κ1) is 33.2. The number of aromatic nitrogens is 2. The van der Waals surface area contributed by atoms with Crippen molar-refractivity contribution in [2.24, 2.45) is 14.1 Å². The number of carbonyl (C=O) groups is 3. The van der Waals surface area contributed by atoms with Crippen molar-refractivity contribution >= 4 is 41.2 Å². The Bertz CT molecular complexity index is 1710. The van der Waals surface area contributed by atoms with E-state index in [-0.39, 0.29) is 17.7 Å². The number of amides is 3. The van der Waals surface area contributed by atoms with Crippen LogP contribution >= 0.6 is 0 Å². The molecular weight excluding hydrogens is 596 g/mol. The average molecular weight is 639 g/mol. The predicted molar refractivity (Wildman–Crippen MR) is 184 cm³/mol. The highest BCUT2D eigenvalue weighted by molar-refractivity contribution is 6.07. The second kappa shape index (κ2) is 15.4. The fourth-order valence-electron chi connectivity index (χ4n) is 5.56. The quantitative estimate of drug-likeness (QED) is 0.190. The number of methoxy groups -OCH3 is 2. The maximum absolute atomic E-state index is 13.1. The summed E-state index contributed by atoms with van der Waals surface area (Å²) in [5, 5.41) is 8.70. The van der Waals surface area contributed by atoms with Gasteiger partial charge in [0.05, 0.1) is 24.6 Å². The Morgan fingerprint density at radius 3 is 1.85 bits per heavy atom. The van der Waals surface area contributed by atoms with Crippen LogP contribution in [0, 0.1) is 0 Å². The van der Waals surface area contributed by atoms with Crippen molar-refractivity contribution in [3.63, 3.8) is 0 Å². The van der Waals surface area contributed by atoms with Gasteiger partial charge in [-0.05, 0) is 60.4 Å². The molecule has 2 aromatic carbocycles. The summed E-state index contributed by atoms with van der Waals surface area (Å²) in [5.74, 6) is -0.0507. The van der Waals surface area contributed by atoms with Crippen LogP contribution in [0.4, 0.5) is 11.4 Å². The lowest BCUT2D eigenvalue weighted by Gasteiger charge is -2.31. The van der Waals surface area contributed by atoms with Crippen LogP contribution in [0.1, 0.15) is 55.3 Å². The summed E-state index contributed by atoms with van der Waals surface area (Å²) >= 11 is 0. The van der Waals surface area contributed by atoms with Gasteiger partial charge in [0.1, 0.15) is 17.1 Å². The number of rotatable bonds is 12. The summed E-state index contributed by atoms with van der Waals surface area (Å²) < 4.78 is 13.9. The van der Waals surface area contributed by atoms with Crippen LogP contribution in [0.3, 0.4) is 0 Å². The number of hydrogen-bond donors (Lipinski definition) is 3. The minimum Gasteiger partial charge on any atom is -0.497 e. The Morgan fingerprint density at radius 1 is 0.766 bits per heavy atom. The smallest absolute Gasteiger partial charge is 0.272 e. The van der Waals surface area contributed by atoms with E-state index in [9.17, 15) is 14.4 Å². The Labute approximate surface area is 275 Å². The van der Waals surface area contributed by atoms with E-state index in [4.69, 9.17) is 9.47 Å². The molecule has 0 aliphatic carbocycles. The second-order valence-electron chi connectivity index (χ2n) is 11.6. The van der Waals surface area contributed by atoms with Crippen molar-refractivity contribution in [3.05, 3.63) is 101 Å². The lowest BCUT2D eigenvalue weighted by molar-refractivity contribution is 0.0413. The molecule has 0 spiro atoms. The minimum absolute atomic E-state index is 0.204. The number of carbonyl (C=O) groups excluding carboxylic acids is 3. The zero-order valence-corrected chi connectivity index (χ0v) is 27.3. The normalized spacial score (nSPS) is 13.9. The first-order valence-electron chi connectivity index (χ1n) is 15.6. The van der Waals surface area contributed by atoms with Crippen molar-refractivity contribution in [2.75, 3.05) is 51.0 Å². The summed E-state index contributed by atoms with van der Waals surface area (Å²) in [6.45, 7) is 3.22. The summed E-state index contributed by atoms with van der Waals surface area (Å²) in [6, 6.07) is 18.3. The van der Waals surface area contributed by atoms with Gasteiger partial charge in [-0.2, -0.15) is 0 Å². The third-order valence-electron chi connectivity index (χ3n) is 8.33. The van der Waals surface area contributed by atoms with Crippen LogP contribution in [0.2, 0.25) is 0 Å². The van der Waals surface area contributed by atoms with Crippen molar-refractivity contribution < 1.29 is 23.9 Å². The zero-order chi connectivity index (χ0) is 33.3. The lowest BCUT2D eigenvalue weighted by Crippen LogP contribution is -2.41. The van der Waals surface area contributed by atoms with Crippen molar-refractivity contribution in [1.82, 2.24) is 19.4 Å². The van der Waals surface area contributed by atoms with E-state index in [1.54, 1.807) is 74.1 Å². The summed E-state index contributed by atoms with van der Waals surface area (Å²) in [7, 11) is 6.88. The Hall–Kier alpha value is -5.13. The number of benzene rings is 2.